The number of halogens is 3. The van der Waals surface area contributed by atoms with Crippen molar-refractivity contribution in [1.82, 2.24) is 4.98 Å². The van der Waals surface area contributed by atoms with Gasteiger partial charge in [-0.05, 0) is 30.3 Å². The molecule has 0 saturated heterocycles. The van der Waals surface area contributed by atoms with Crippen LogP contribution < -0.4 is 11.1 Å². The summed E-state index contributed by atoms with van der Waals surface area (Å²) in [7, 11) is 0. The van der Waals surface area contributed by atoms with Crippen LogP contribution in [0.3, 0.4) is 0 Å². The van der Waals surface area contributed by atoms with Gasteiger partial charge in [-0.25, -0.2) is 4.79 Å². The topological polar surface area (TPSA) is 70.9 Å². The first kappa shape index (κ1) is 13.3. The van der Waals surface area contributed by atoms with Gasteiger partial charge < -0.3 is 16.0 Å². The smallest absolute Gasteiger partial charge is 0.354 e. The number of amides is 2. The molecule has 0 fully saturated rings. The lowest BCUT2D eigenvalue weighted by molar-refractivity contribution is -0.137. The zero-order valence-electron chi connectivity index (χ0n) is 10.6. The van der Waals surface area contributed by atoms with Crippen molar-refractivity contribution in [3.05, 3.63) is 42.0 Å². The third-order valence-electron chi connectivity index (χ3n) is 3.19. The van der Waals surface area contributed by atoms with Crippen LogP contribution in [0, 0.1) is 0 Å². The number of aromatic amines is 1. The van der Waals surface area contributed by atoms with Crippen LogP contribution in [0.25, 0.3) is 21.8 Å². The molecule has 0 unspecified atom stereocenters. The van der Waals surface area contributed by atoms with E-state index in [2.05, 4.69) is 10.3 Å². The summed E-state index contributed by atoms with van der Waals surface area (Å²) >= 11 is 0. The van der Waals surface area contributed by atoms with Crippen molar-refractivity contribution in [2.75, 3.05) is 5.32 Å². The average molecular weight is 293 g/mol. The molecule has 4 N–H and O–H groups in total. The number of nitrogens with two attached hydrogens (primary N) is 1. The van der Waals surface area contributed by atoms with Gasteiger partial charge in [0.15, 0.2) is 0 Å². The third-order valence-corrected chi connectivity index (χ3v) is 3.19. The number of benzene rings is 2. The number of H-pyrrole nitrogens is 1. The van der Waals surface area contributed by atoms with Crippen LogP contribution in [-0.2, 0) is 6.18 Å². The number of rotatable bonds is 1. The Morgan fingerprint density at radius 1 is 1.05 bits per heavy atom. The van der Waals surface area contributed by atoms with Crippen molar-refractivity contribution in [3.8, 4) is 0 Å². The molecule has 3 aromatic rings. The predicted molar refractivity (Wildman–Crippen MR) is 74.0 cm³/mol. The summed E-state index contributed by atoms with van der Waals surface area (Å²) in [6.07, 6.45) is -4.38. The van der Waals surface area contributed by atoms with Gasteiger partial charge in [0.25, 0.3) is 0 Å². The second-order valence-corrected chi connectivity index (χ2v) is 4.63. The van der Waals surface area contributed by atoms with Gasteiger partial charge in [0.05, 0.1) is 5.56 Å². The molecule has 2 aromatic carbocycles. The Labute approximate surface area is 116 Å². The molecule has 21 heavy (non-hydrogen) atoms. The Morgan fingerprint density at radius 3 is 2.48 bits per heavy atom. The fourth-order valence-electron chi connectivity index (χ4n) is 2.30. The van der Waals surface area contributed by atoms with Gasteiger partial charge in [0, 0.05) is 27.5 Å². The van der Waals surface area contributed by atoms with Gasteiger partial charge in [-0.3, -0.25) is 0 Å². The van der Waals surface area contributed by atoms with E-state index in [1.54, 1.807) is 18.2 Å². The minimum atomic E-state index is -4.38. The summed E-state index contributed by atoms with van der Waals surface area (Å²) in [5, 5.41) is 3.54. The van der Waals surface area contributed by atoms with Crippen LogP contribution in [0.4, 0.5) is 23.7 Å². The second kappa shape index (κ2) is 4.41. The van der Waals surface area contributed by atoms with Gasteiger partial charge in [-0.2, -0.15) is 13.2 Å². The Kier molecular flexibility index (Phi) is 2.79. The molecule has 4 nitrogen and oxygen atoms in total. The highest BCUT2D eigenvalue weighted by molar-refractivity contribution is 6.08. The fourth-order valence-corrected chi connectivity index (χ4v) is 2.30. The predicted octanol–water partition coefficient (Wildman–Crippen LogP) is 3.83. The van der Waals surface area contributed by atoms with Crippen LogP contribution in [0.15, 0.2) is 36.4 Å². The highest BCUT2D eigenvalue weighted by Gasteiger charge is 2.30. The summed E-state index contributed by atoms with van der Waals surface area (Å²) < 4.78 is 38.3. The van der Waals surface area contributed by atoms with Crippen molar-refractivity contribution < 1.29 is 18.0 Å². The minimum Gasteiger partial charge on any atom is -0.354 e. The Hall–Kier alpha value is -2.70. The van der Waals surface area contributed by atoms with Crippen molar-refractivity contribution in [2.45, 2.75) is 6.18 Å². The van der Waals surface area contributed by atoms with Crippen molar-refractivity contribution >= 4 is 33.5 Å². The molecule has 0 aliphatic rings. The van der Waals surface area contributed by atoms with E-state index in [-0.39, 0.29) is 0 Å². The Bertz CT molecular complexity index is 852. The molecule has 0 saturated carbocycles. The van der Waals surface area contributed by atoms with E-state index in [4.69, 9.17) is 5.73 Å². The number of primary amides is 1. The van der Waals surface area contributed by atoms with E-state index in [0.717, 1.165) is 12.1 Å². The lowest BCUT2D eigenvalue weighted by Crippen LogP contribution is -2.19. The lowest BCUT2D eigenvalue weighted by atomic mass is 10.1. The third kappa shape index (κ3) is 2.37. The number of carbonyl (C=O) groups excluding carboxylic acids is 1. The standard InChI is InChI=1S/C14H10F3N3O/c15-14(16,17)7-1-4-11-10(5-7)9-3-2-8(19-13(18)21)6-12(9)20-11/h1-6,20H,(H3,18,19,21). The molecule has 0 spiro atoms. The SMILES string of the molecule is NC(=O)Nc1ccc2c(c1)[nH]c1ccc(C(F)(F)F)cc12. The van der Waals surface area contributed by atoms with Gasteiger partial charge in [0.2, 0.25) is 0 Å². The molecule has 7 heteroatoms. The molecule has 1 aromatic heterocycles. The van der Waals surface area contributed by atoms with E-state index < -0.39 is 17.8 Å². The molecule has 0 atom stereocenters. The van der Waals surface area contributed by atoms with E-state index in [1.807, 2.05) is 0 Å². The number of anilines is 1. The van der Waals surface area contributed by atoms with E-state index in [0.29, 0.717) is 27.5 Å². The van der Waals surface area contributed by atoms with Gasteiger partial charge in [-0.15, -0.1) is 0 Å². The molecule has 3 rings (SSSR count). The van der Waals surface area contributed by atoms with E-state index >= 15 is 0 Å². The van der Waals surface area contributed by atoms with Gasteiger partial charge >= 0.3 is 12.2 Å². The molecule has 0 aliphatic carbocycles. The quantitative estimate of drug-likeness (QED) is 0.627. The molecular weight excluding hydrogens is 283 g/mol. The lowest BCUT2D eigenvalue weighted by Gasteiger charge is -2.06. The molecule has 108 valence electrons. The molecule has 0 bridgehead atoms. The van der Waals surface area contributed by atoms with Crippen molar-refractivity contribution in [3.63, 3.8) is 0 Å². The monoisotopic (exact) mass is 293 g/mol. The molecular formula is C14H10F3N3O. The van der Waals surface area contributed by atoms with Crippen LogP contribution >= 0.6 is 0 Å². The number of nitrogens with one attached hydrogen (secondary N) is 2. The summed E-state index contributed by atoms with van der Waals surface area (Å²) in [4.78, 5) is 13.8. The maximum Gasteiger partial charge on any atom is 0.416 e. The van der Waals surface area contributed by atoms with Crippen LogP contribution in [0.2, 0.25) is 0 Å². The summed E-state index contributed by atoms with van der Waals surface area (Å²) in [6.45, 7) is 0. The Morgan fingerprint density at radius 2 is 1.81 bits per heavy atom. The summed E-state index contributed by atoms with van der Waals surface area (Å²) in [5.41, 5.74) is 6.01. The Balaban J connectivity index is 2.19. The van der Waals surface area contributed by atoms with Gasteiger partial charge in [-0.1, -0.05) is 6.07 Å². The van der Waals surface area contributed by atoms with Crippen molar-refractivity contribution in [2.24, 2.45) is 5.73 Å². The summed E-state index contributed by atoms with van der Waals surface area (Å²) in [6, 6.07) is 7.66. The van der Waals surface area contributed by atoms with Crippen molar-refractivity contribution in [1.29, 1.82) is 0 Å². The number of hydrogen-bond donors (Lipinski definition) is 3. The molecule has 2 amide bonds. The maximum atomic E-state index is 12.8. The maximum absolute atomic E-state index is 12.8. The summed E-state index contributed by atoms with van der Waals surface area (Å²) in [5.74, 6) is 0. The number of fused-ring (bicyclic) bond motifs is 3. The highest BCUT2D eigenvalue weighted by Crippen LogP contribution is 2.34. The van der Waals surface area contributed by atoms with Crippen LogP contribution in [-0.4, -0.2) is 11.0 Å². The highest BCUT2D eigenvalue weighted by atomic mass is 19.4. The first-order chi connectivity index (χ1) is 9.84. The molecule has 1 heterocycles. The average Bonchev–Trinajstić information content (AvgIpc) is 2.73. The normalized spacial score (nSPS) is 12.0. The number of hydrogen-bond acceptors (Lipinski definition) is 1. The number of alkyl halides is 3. The number of urea groups is 1. The largest absolute Gasteiger partial charge is 0.416 e. The molecule has 0 aliphatic heterocycles. The van der Waals surface area contributed by atoms with Gasteiger partial charge in [0.1, 0.15) is 0 Å². The zero-order chi connectivity index (χ0) is 15.2. The molecule has 0 radical (unpaired) electrons. The van der Waals surface area contributed by atoms with Crippen LogP contribution in [0.1, 0.15) is 5.56 Å². The number of aromatic nitrogens is 1. The number of carbonyl (C=O) groups is 1. The fraction of sp³-hybridized carbons (Fsp3) is 0.0714. The van der Waals surface area contributed by atoms with E-state index in [9.17, 15) is 18.0 Å². The van der Waals surface area contributed by atoms with Crippen LogP contribution in [0.5, 0.6) is 0 Å². The zero-order valence-corrected chi connectivity index (χ0v) is 10.6. The second-order valence-electron chi connectivity index (χ2n) is 4.63. The first-order valence-electron chi connectivity index (χ1n) is 6.04. The first-order valence-corrected chi connectivity index (χ1v) is 6.04. The minimum absolute atomic E-state index is 0.470. The van der Waals surface area contributed by atoms with E-state index in [1.165, 1.54) is 6.07 Å².